The molecule has 2 rings (SSSR count). The summed E-state index contributed by atoms with van der Waals surface area (Å²) >= 11 is 0. The lowest BCUT2D eigenvalue weighted by atomic mass is 10.1. The third-order valence-corrected chi connectivity index (χ3v) is 3.35. The molecule has 0 fully saturated rings. The number of halogens is 1. The molecule has 1 aromatic heterocycles. The van der Waals surface area contributed by atoms with Gasteiger partial charge in [0.15, 0.2) is 0 Å². The summed E-state index contributed by atoms with van der Waals surface area (Å²) in [7, 11) is 0. The summed E-state index contributed by atoms with van der Waals surface area (Å²) in [6, 6.07) is 8.30. The summed E-state index contributed by atoms with van der Waals surface area (Å²) in [5.41, 5.74) is -1.06. The van der Waals surface area contributed by atoms with E-state index in [2.05, 4.69) is 15.6 Å². The van der Waals surface area contributed by atoms with Gasteiger partial charge >= 0.3 is 11.8 Å². The summed E-state index contributed by atoms with van der Waals surface area (Å²) in [6.07, 6.45) is 1.28. The van der Waals surface area contributed by atoms with E-state index in [4.69, 9.17) is 14.9 Å². The van der Waals surface area contributed by atoms with Gasteiger partial charge in [-0.25, -0.2) is 9.37 Å². The molecular weight excluding hydrogens is 345 g/mol. The van der Waals surface area contributed by atoms with Gasteiger partial charge < -0.3 is 25.6 Å². The first-order valence-electron chi connectivity index (χ1n) is 7.60. The quantitative estimate of drug-likeness (QED) is 0.564. The number of carbonyl (C=O) groups excluding carboxylic acids is 2. The molecule has 0 atom stereocenters. The molecule has 0 spiro atoms. The van der Waals surface area contributed by atoms with Crippen LogP contribution in [-0.2, 0) is 9.59 Å². The molecular formula is C17H18FN3O5. The Bertz CT molecular complexity index is 761. The molecule has 1 aromatic carbocycles. The fourth-order valence-corrected chi connectivity index (χ4v) is 1.79. The molecule has 2 aromatic rings. The van der Waals surface area contributed by atoms with Crippen LogP contribution in [0.15, 0.2) is 42.6 Å². The van der Waals surface area contributed by atoms with E-state index in [1.165, 1.54) is 49.5 Å². The number of carbonyl (C=O) groups is 2. The normalized spacial score (nSPS) is 10.9. The Hall–Kier alpha value is -3.04. The van der Waals surface area contributed by atoms with Crippen molar-refractivity contribution in [2.75, 3.05) is 18.5 Å². The van der Waals surface area contributed by atoms with Crippen LogP contribution in [0.2, 0.25) is 0 Å². The van der Waals surface area contributed by atoms with Gasteiger partial charge in [-0.05, 0) is 37.3 Å². The van der Waals surface area contributed by atoms with Gasteiger partial charge in [0, 0.05) is 6.07 Å². The monoisotopic (exact) mass is 363 g/mol. The highest BCUT2D eigenvalue weighted by Gasteiger charge is 2.27. The van der Waals surface area contributed by atoms with Crippen molar-refractivity contribution in [1.82, 2.24) is 10.3 Å². The Labute approximate surface area is 148 Å². The first kappa shape index (κ1) is 19.3. The van der Waals surface area contributed by atoms with Gasteiger partial charge in [0.25, 0.3) is 0 Å². The largest absolute Gasteiger partial charge is 0.439 e. The maximum absolute atomic E-state index is 12.8. The number of hydrogen-bond acceptors (Lipinski definition) is 6. The Morgan fingerprint density at radius 2 is 1.77 bits per heavy atom. The number of nitrogens with zero attached hydrogens (tertiary/aromatic N) is 1. The Morgan fingerprint density at radius 1 is 1.12 bits per heavy atom. The number of aromatic nitrogens is 1. The number of nitrogens with one attached hydrogen (secondary N) is 2. The van der Waals surface area contributed by atoms with Crippen LogP contribution < -0.4 is 15.4 Å². The van der Waals surface area contributed by atoms with Crippen molar-refractivity contribution >= 4 is 17.5 Å². The highest BCUT2D eigenvalue weighted by atomic mass is 19.1. The predicted molar refractivity (Wildman–Crippen MR) is 90.1 cm³/mol. The van der Waals surface area contributed by atoms with Crippen LogP contribution in [0.4, 0.5) is 10.1 Å². The SMILES string of the molecule is CC(CO)(CO)NC(=O)C(=O)Nc1ccc(Oc2ccc(F)cc2)nc1. The second-order valence-electron chi connectivity index (χ2n) is 5.73. The molecule has 4 N–H and O–H groups in total. The molecule has 0 aliphatic carbocycles. The van der Waals surface area contributed by atoms with Crippen molar-refractivity contribution in [1.29, 1.82) is 0 Å². The minimum Gasteiger partial charge on any atom is -0.439 e. The molecule has 2 amide bonds. The molecule has 26 heavy (non-hydrogen) atoms. The van der Waals surface area contributed by atoms with E-state index in [-0.39, 0.29) is 17.4 Å². The summed E-state index contributed by atoms with van der Waals surface area (Å²) in [6.45, 7) is 0.334. The van der Waals surface area contributed by atoms with E-state index in [1.807, 2.05) is 0 Å². The molecule has 9 heteroatoms. The predicted octanol–water partition coefficient (Wildman–Crippen LogP) is 0.811. The van der Waals surface area contributed by atoms with Crippen LogP contribution in [0.5, 0.6) is 11.6 Å². The van der Waals surface area contributed by atoms with Gasteiger partial charge in [0.05, 0.1) is 30.6 Å². The maximum Gasteiger partial charge on any atom is 0.313 e. The topological polar surface area (TPSA) is 121 Å². The molecule has 8 nitrogen and oxygen atoms in total. The van der Waals surface area contributed by atoms with Gasteiger partial charge in [-0.2, -0.15) is 0 Å². The zero-order valence-electron chi connectivity index (χ0n) is 13.9. The first-order valence-corrected chi connectivity index (χ1v) is 7.60. The highest BCUT2D eigenvalue weighted by molar-refractivity contribution is 6.39. The minimum absolute atomic E-state index is 0.215. The fourth-order valence-electron chi connectivity index (χ4n) is 1.79. The molecule has 0 aliphatic heterocycles. The van der Waals surface area contributed by atoms with E-state index in [0.717, 1.165) is 0 Å². The van der Waals surface area contributed by atoms with Gasteiger partial charge in [-0.3, -0.25) is 9.59 Å². The lowest BCUT2D eigenvalue weighted by molar-refractivity contribution is -0.138. The van der Waals surface area contributed by atoms with Gasteiger partial charge in [-0.15, -0.1) is 0 Å². The van der Waals surface area contributed by atoms with Gasteiger partial charge in [-0.1, -0.05) is 0 Å². The number of ether oxygens (including phenoxy) is 1. The number of anilines is 1. The summed E-state index contributed by atoms with van der Waals surface area (Å²) in [4.78, 5) is 27.6. The van der Waals surface area contributed by atoms with Crippen molar-refractivity contribution in [3.8, 4) is 11.6 Å². The number of amides is 2. The number of aliphatic hydroxyl groups excluding tert-OH is 2. The second kappa shape index (κ2) is 8.37. The first-order chi connectivity index (χ1) is 12.3. The molecule has 1 heterocycles. The van der Waals surface area contributed by atoms with Crippen LogP contribution in [0.25, 0.3) is 0 Å². The van der Waals surface area contributed by atoms with Crippen LogP contribution >= 0.6 is 0 Å². The molecule has 0 saturated carbocycles. The number of aliphatic hydroxyl groups is 2. The zero-order valence-corrected chi connectivity index (χ0v) is 13.9. The zero-order chi connectivity index (χ0) is 19.2. The van der Waals surface area contributed by atoms with Crippen molar-refractivity contribution in [2.45, 2.75) is 12.5 Å². The summed E-state index contributed by atoms with van der Waals surface area (Å²) in [5, 5.41) is 22.8. The Balaban J connectivity index is 1.94. The lowest BCUT2D eigenvalue weighted by Gasteiger charge is -2.25. The van der Waals surface area contributed by atoms with E-state index in [0.29, 0.717) is 5.75 Å². The Morgan fingerprint density at radius 3 is 2.31 bits per heavy atom. The fraction of sp³-hybridized carbons (Fsp3) is 0.235. The maximum atomic E-state index is 12.8. The third kappa shape index (κ3) is 5.23. The van der Waals surface area contributed by atoms with E-state index in [1.54, 1.807) is 0 Å². The van der Waals surface area contributed by atoms with Gasteiger partial charge in [0.1, 0.15) is 11.6 Å². The van der Waals surface area contributed by atoms with Crippen molar-refractivity contribution in [3.05, 3.63) is 48.4 Å². The van der Waals surface area contributed by atoms with Crippen molar-refractivity contribution in [2.24, 2.45) is 0 Å². The van der Waals surface area contributed by atoms with E-state index >= 15 is 0 Å². The standard InChI is InChI=1S/C17H18FN3O5/c1-17(9-22,10-23)21-16(25)15(24)20-12-4-7-14(19-8-12)26-13-5-2-11(18)3-6-13/h2-8,22-23H,9-10H2,1H3,(H,20,24)(H,21,25). The van der Waals surface area contributed by atoms with Crippen LogP contribution in [0.3, 0.4) is 0 Å². The Kier molecular flexibility index (Phi) is 6.21. The highest BCUT2D eigenvalue weighted by Crippen LogP contribution is 2.20. The number of rotatable bonds is 6. The lowest BCUT2D eigenvalue weighted by Crippen LogP contribution is -2.54. The van der Waals surface area contributed by atoms with Crippen LogP contribution in [0, 0.1) is 5.82 Å². The van der Waals surface area contributed by atoms with Crippen molar-refractivity contribution in [3.63, 3.8) is 0 Å². The number of benzene rings is 1. The molecule has 138 valence electrons. The molecule has 0 unspecified atom stereocenters. The van der Waals surface area contributed by atoms with E-state index < -0.39 is 30.6 Å². The average molecular weight is 363 g/mol. The summed E-state index contributed by atoms with van der Waals surface area (Å²) in [5.74, 6) is -1.77. The van der Waals surface area contributed by atoms with Crippen LogP contribution in [0.1, 0.15) is 6.92 Å². The average Bonchev–Trinajstić information content (AvgIpc) is 2.65. The smallest absolute Gasteiger partial charge is 0.313 e. The minimum atomic E-state index is -1.31. The molecule has 0 radical (unpaired) electrons. The summed E-state index contributed by atoms with van der Waals surface area (Å²) < 4.78 is 18.3. The second-order valence-corrected chi connectivity index (χ2v) is 5.73. The molecule has 0 aliphatic rings. The third-order valence-electron chi connectivity index (χ3n) is 3.35. The van der Waals surface area contributed by atoms with Gasteiger partial charge in [0.2, 0.25) is 5.88 Å². The van der Waals surface area contributed by atoms with Crippen molar-refractivity contribution < 1.29 is 28.9 Å². The molecule has 0 saturated heterocycles. The van der Waals surface area contributed by atoms with Crippen LogP contribution in [-0.4, -0.2) is 45.8 Å². The molecule has 0 bridgehead atoms. The van der Waals surface area contributed by atoms with E-state index in [9.17, 15) is 14.0 Å². The number of hydrogen-bond donors (Lipinski definition) is 4. The number of pyridine rings is 1.